The maximum absolute atomic E-state index is 12.7. The van der Waals surface area contributed by atoms with Crippen LogP contribution in [0, 0.1) is 5.41 Å². The number of hydrogen-bond acceptors (Lipinski definition) is 1. The lowest BCUT2D eigenvalue weighted by Gasteiger charge is -2.19. The van der Waals surface area contributed by atoms with Crippen molar-refractivity contribution in [1.82, 2.24) is 0 Å². The molecule has 4 heteroatoms. The van der Waals surface area contributed by atoms with Gasteiger partial charge in [0.15, 0.2) is 5.78 Å². The molecular formula is C15H19F3O. The summed E-state index contributed by atoms with van der Waals surface area (Å²) in [5.74, 6) is -0.197. The van der Waals surface area contributed by atoms with Crippen LogP contribution in [0.25, 0.3) is 0 Å². The van der Waals surface area contributed by atoms with Gasteiger partial charge in [0.05, 0.1) is 5.56 Å². The van der Waals surface area contributed by atoms with E-state index in [1.165, 1.54) is 13.0 Å². The summed E-state index contributed by atoms with van der Waals surface area (Å²) >= 11 is 0. The van der Waals surface area contributed by atoms with Crippen molar-refractivity contribution in [2.24, 2.45) is 5.41 Å². The van der Waals surface area contributed by atoms with Crippen molar-refractivity contribution in [3.63, 3.8) is 0 Å². The summed E-state index contributed by atoms with van der Waals surface area (Å²) in [6.45, 7) is 7.44. The fourth-order valence-corrected chi connectivity index (χ4v) is 1.83. The summed E-state index contributed by atoms with van der Waals surface area (Å²) in [5.41, 5.74) is 0.193. The van der Waals surface area contributed by atoms with Crippen LogP contribution < -0.4 is 0 Å². The van der Waals surface area contributed by atoms with Crippen LogP contribution in [0.1, 0.15) is 55.6 Å². The fourth-order valence-electron chi connectivity index (χ4n) is 1.83. The van der Waals surface area contributed by atoms with Crippen LogP contribution in [0.2, 0.25) is 0 Å². The second-order valence-electron chi connectivity index (χ2n) is 5.99. The number of Topliss-reactive ketones (excluding diaryl/α,β-unsaturated/α-hetero) is 1. The van der Waals surface area contributed by atoms with Gasteiger partial charge in [0.2, 0.25) is 0 Å². The predicted octanol–water partition coefficient (Wildman–Crippen LogP) is 4.89. The Balaban J connectivity index is 3.13. The minimum absolute atomic E-state index is 0.0162. The van der Waals surface area contributed by atoms with Gasteiger partial charge in [0, 0.05) is 5.56 Å². The zero-order chi connectivity index (χ0) is 14.8. The molecule has 0 aliphatic rings. The van der Waals surface area contributed by atoms with E-state index >= 15 is 0 Å². The Labute approximate surface area is 111 Å². The molecule has 0 N–H and O–H groups in total. The van der Waals surface area contributed by atoms with Gasteiger partial charge in [-0.2, -0.15) is 13.2 Å². The summed E-state index contributed by atoms with van der Waals surface area (Å²) in [4.78, 5) is 11.5. The molecule has 0 aromatic heterocycles. The number of carbonyl (C=O) groups excluding carboxylic acids is 1. The third kappa shape index (κ3) is 4.69. The minimum Gasteiger partial charge on any atom is -0.295 e. The number of hydrogen-bond donors (Lipinski definition) is 0. The standard InChI is InChI=1S/C15H19F3O/c1-10(19)13-6-5-12(15(16,17)18)9-11(13)7-8-14(2,3)4/h5-6,9H,7-8H2,1-4H3. The summed E-state index contributed by atoms with van der Waals surface area (Å²) < 4.78 is 38.1. The van der Waals surface area contributed by atoms with Gasteiger partial charge in [-0.25, -0.2) is 0 Å². The van der Waals surface area contributed by atoms with Crippen LogP contribution in [0.15, 0.2) is 18.2 Å². The quantitative estimate of drug-likeness (QED) is 0.716. The van der Waals surface area contributed by atoms with Gasteiger partial charge >= 0.3 is 6.18 Å². The molecule has 0 fully saturated rings. The summed E-state index contributed by atoms with van der Waals surface area (Å²) in [5, 5.41) is 0. The summed E-state index contributed by atoms with van der Waals surface area (Å²) in [6.07, 6.45) is -3.16. The molecule has 0 saturated heterocycles. The van der Waals surface area contributed by atoms with Gasteiger partial charge < -0.3 is 0 Å². The Kier molecular flexibility index (Phi) is 4.43. The molecule has 106 valence electrons. The smallest absolute Gasteiger partial charge is 0.295 e. The highest BCUT2D eigenvalue weighted by Gasteiger charge is 2.31. The molecule has 0 saturated carbocycles. The van der Waals surface area contributed by atoms with Gasteiger partial charge in [-0.05, 0) is 42.9 Å². The Hall–Kier alpha value is -1.32. The Morgan fingerprint density at radius 3 is 2.16 bits per heavy atom. The first-order chi connectivity index (χ1) is 8.50. The topological polar surface area (TPSA) is 17.1 Å². The molecular weight excluding hydrogens is 253 g/mol. The molecule has 0 amide bonds. The van der Waals surface area contributed by atoms with Crippen LogP contribution in [0.4, 0.5) is 13.2 Å². The van der Waals surface area contributed by atoms with Gasteiger partial charge in [-0.15, -0.1) is 0 Å². The van der Waals surface area contributed by atoms with Crippen molar-refractivity contribution in [1.29, 1.82) is 0 Å². The fraction of sp³-hybridized carbons (Fsp3) is 0.533. The lowest BCUT2D eigenvalue weighted by molar-refractivity contribution is -0.137. The molecule has 0 bridgehead atoms. The molecule has 0 heterocycles. The lowest BCUT2D eigenvalue weighted by Crippen LogP contribution is -2.11. The van der Waals surface area contributed by atoms with E-state index in [0.717, 1.165) is 18.6 Å². The van der Waals surface area contributed by atoms with E-state index in [0.29, 0.717) is 17.5 Å². The highest BCUT2D eigenvalue weighted by Crippen LogP contribution is 2.32. The number of alkyl halides is 3. The van der Waals surface area contributed by atoms with Gasteiger partial charge in [0.1, 0.15) is 0 Å². The number of aryl methyl sites for hydroxylation is 1. The number of benzene rings is 1. The van der Waals surface area contributed by atoms with Crippen molar-refractivity contribution < 1.29 is 18.0 Å². The first-order valence-corrected chi connectivity index (χ1v) is 6.22. The van der Waals surface area contributed by atoms with Crippen molar-refractivity contribution in [3.05, 3.63) is 34.9 Å². The molecule has 0 atom stereocenters. The third-order valence-corrected chi connectivity index (χ3v) is 2.96. The molecule has 0 radical (unpaired) electrons. The maximum atomic E-state index is 12.7. The Morgan fingerprint density at radius 2 is 1.74 bits per heavy atom. The molecule has 0 spiro atoms. The number of carbonyl (C=O) groups is 1. The highest BCUT2D eigenvalue weighted by atomic mass is 19.4. The van der Waals surface area contributed by atoms with Gasteiger partial charge in [-0.1, -0.05) is 26.8 Å². The van der Waals surface area contributed by atoms with Crippen molar-refractivity contribution >= 4 is 5.78 Å². The van der Waals surface area contributed by atoms with E-state index in [-0.39, 0.29) is 11.2 Å². The second kappa shape index (κ2) is 5.35. The minimum atomic E-state index is -4.37. The third-order valence-electron chi connectivity index (χ3n) is 2.96. The Bertz CT molecular complexity index is 467. The van der Waals surface area contributed by atoms with Crippen LogP contribution in [0.5, 0.6) is 0 Å². The monoisotopic (exact) mass is 272 g/mol. The predicted molar refractivity (Wildman–Crippen MR) is 69.2 cm³/mol. The zero-order valence-electron chi connectivity index (χ0n) is 11.7. The molecule has 0 aliphatic heterocycles. The molecule has 19 heavy (non-hydrogen) atoms. The molecule has 1 nitrogen and oxygen atoms in total. The number of halogens is 3. The normalized spacial score (nSPS) is 12.6. The van der Waals surface area contributed by atoms with E-state index in [4.69, 9.17) is 0 Å². The zero-order valence-corrected chi connectivity index (χ0v) is 11.7. The van der Waals surface area contributed by atoms with Gasteiger partial charge in [0.25, 0.3) is 0 Å². The first kappa shape index (κ1) is 15.7. The van der Waals surface area contributed by atoms with Crippen LogP contribution in [-0.2, 0) is 12.6 Å². The van der Waals surface area contributed by atoms with E-state index in [9.17, 15) is 18.0 Å². The molecule has 1 aromatic carbocycles. The first-order valence-electron chi connectivity index (χ1n) is 6.22. The van der Waals surface area contributed by atoms with E-state index in [1.54, 1.807) is 0 Å². The van der Waals surface area contributed by atoms with Crippen molar-refractivity contribution in [2.75, 3.05) is 0 Å². The van der Waals surface area contributed by atoms with E-state index < -0.39 is 11.7 Å². The van der Waals surface area contributed by atoms with Crippen molar-refractivity contribution in [2.45, 2.75) is 46.7 Å². The van der Waals surface area contributed by atoms with Crippen LogP contribution in [0.3, 0.4) is 0 Å². The highest BCUT2D eigenvalue weighted by molar-refractivity contribution is 5.95. The second-order valence-corrected chi connectivity index (χ2v) is 5.99. The SMILES string of the molecule is CC(=O)c1ccc(C(F)(F)F)cc1CCC(C)(C)C. The lowest BCUT2D eigenvalue weighted by atomic mass is 9.86. The average molecular weight is 272 g/mol. The largest absolute Gasteiger partial charge is 0.416 e. The van der Waals surface area contributed by atoms with Crippen LogP contribution >= 0.6 is 0 Å². The Morgan fingerprint density at radius 1 is 1.16 bits per heavy atom. The molecule has 0 unspecified atom stereocenters. The summed E-state index contributed by atoms with van der Waals surface area (Å²) in [7, 11) is 0. The van der Waals surface area contributed by atoms with Gasteiger partial charge in [-0.3, -0.25) is 4.79 Å². The van der Waals surface area contributed by atoms with E-state index in [2.05, 4.69) is 0 Å². The summed E-state index contributed by atoms with van der Waals surface area (Å²) in [6, 6.07) is 3.35. The number of ketones is 1. The van der Waals surface area contributed by atoms with Crippen LogP contribution in [-0.4, -0.2) is 5.78 Å². The molecule has 0 aliphatic carbocycles. The number of rotatable bonds is 3. The molecule has 1 rings (SSSR count). The maximum Gasteiger partial charge on any atom is 0.416 e. The van der Waals surface area contributed by atoms with E-state index in [1.807, 2.05) is 20.8 Å². The van der Waals surface area contributed by atoms with Crippen molar-refractivity contribution in [3.8, 4) is 0 Å². The molecule has 1 aromatic rings. The average Bonchev–Trinajstić information content (AvgIpc) is 2.23.